The molecule has 0 amide bonds. The summed E-state index contributed by atoms with van der Waals surface area (Å²) in [6.45, 7) is 0. The molecule has 0 fully saturated rings. The first kappa shape index (κ1) is 21.7. The maximum absolute atomic E-state index is 15.2. The Balaban J connectivity index is 2.18. The molecule has 0 aliphatic rings. The van der Waals surface area contributed by atoms with Crippen LogP contribution in [0, 0.1) is 0 Å². The molecular weight excluding hydrogens is 419 g/mol. The van der Waals surface area contributed by atoms with E-state index in [0.717, 1.165) is 21.7 Å². The molecule has 32 heavy (non-hydrogen) atoms. The molecule has 0 aromatic heterocycles. The minimum absolute atomic E-state index is 0.463. The fourth-order valence-electron chi connectivity index (χ4n) is 3.98. The van der Waals surface area contributed by atoms with E-state index in [2.05, 4.69) is 0 Å². The summed E-state index contributed by atoms with van der Waals surface area (Å²) in [5.41, 5.74) is 1.61. The zero-order valence-corrected chi connectivity index (χ0v) is 19.2. The van der Waals surface area contributed by atoms with Crippen LogP contribution in [0.2, 0.25) is 0 Å². The summed E-state index contributed by atoms with van der Waals surface area (Å²) in [7, 11) is 1.42. The van der Waals surface area contributed by atoms with E-state index in [-0.39, 0.29) is 0 Å². The lowest BCUT2D eigenvalue weighted by Crippen LogP contribution is -2.27. The Kier molecular flexibility index (Phi) is 6.34. The second kappa shape index (κ2) is 9.33. The van der Waals surface area contributed by atoms with Crippen molar-refractivity contribution in [2.45, 2.75) is 0 Å². The van der Waals surface area contributed by atoms with Gasteiger partial charge in [-0.15, -0.1) is 0 Å². The lowest BCUT2D eigenvalue weighted by molar-refractivity contribution is 0.325. The summed E-state index contributed by atoms with van der Waals surface area (Å²) in [6.07, 6.45) is 0. The maximum atomic E-state index is 15.2. The number of methoxy groups -OCH3 is 3. The highest BCUT2D eigenvalue weighted by molar-refractivity contribution is 7.85. The van der Waals surface area contributed by atoms with Crippen LogP contribution in [-0.2, 0) is 4.57 Å². The monoisotopic (exact) mass is 444 g/mol. The number of benzene rings is 4. The van der Waals surface area contributed by atoms with Gasteiger partial charge in [0, 0.05) is 21.5 Å². The lowest BCUT2D eigenvalue weighted by Gasteiger charge is -2.26. The molecule has 162 valence electrons. The molecule has 0 heterocycles. The molecule has 5 heteroatoms. The molecule has 4 aromatic carbocycles. The standard InChI is InChI=1S/C27H25O4P/c1-29-23-19-24(25(20-13-7-4-8-14-20)27(31-3)26(23)30-2)32(28,21-15-9-5-10-16-21)22-17-11-6-12-18-22/h4-19H,1-3H3. The molecular formula is C27H25O4P. The molecule has 4 aromatic rings. The van der Waals surface area contributed by atoms with E-state index in [1.165, 1.54) is 0 Å². The average Bonchev–Trinajstić information content (AvgIpc) is 2.88. The van der Waals surface area contributed by atoms with E-state index in [0.29, 0.717) is 22.6 Å². The summed E-state index contributed by atoms with van der Waals surface area (Å²) >= 11 is 0. The van der Waals surface area contributed by atoms with Gasteiger partial charge in [0.1, 0.15) is 0 Å². The van der Waals surface area contributed by atoms with Crippen molar-refractivity contribution in [2.24, 2.45) is 0 Å². The van der Waals surface area contributed by atoms with Gasteiger partial charge in [0.15, 0.2) is 18.6 Å². The van der Waals surface area contributed by atoms with Crippen LogP contribution in [0.25, 0.3) is 11.1 Å². The molecule has 0 aliphatic heterocycles. The molecule has 0 spiro atoms. The van der Waals surface area contributed by atoms with Crippen LogP contribution in [0.15, 0.2) is 97.1 Å². The van der Waals surface area contributed by atoms with E-state index in [4.69, 9.17) is 14.2 Å². The Labute approximate surface area is 188 Å². The highest BCUT2D eigenvalue weighted by Gasteiger charge is 2.36. The van der Waals surface area contributed by atoms with Gasteiger partial charge < -0.3 is 18.8 Å². The Morgan fingerprint density at radius 3 is 1.50 bits per heavy atom. The van der Waals surface area contributed by atoms with E-state index in [9.17, 15) is 0 Å². The Bertz CT molecular complexity index is 1200. The molecule has 0 unspecified atom stereocenters. The van der Waals surface area contributed by atoms with Crippen molar-refractivity contribution < 1.29 is 18.8 Å². The third-order valence-electron chi connectivity index (χ3n) is 5.45. The molecule has 0 aliphatic carbocycles. The molecule has 0 radical (unpaired) electrons. The van der Waals surface area contributed by atoms with Gasteiger partial charge in [-0.1, -0.05) is 91.0 Å². The SMILES string of the molecule is COc1cc(P(=O)(c2ccccc2)c2ccccc2)c(-c2ccccc2)c(OC)c1OC. The first-order chi connectivity index (χ1) is 15.6. The topological polar surface area (TPSA) is 44.8 Å². The van der Waals surface area contributed by atoms with Crippen LogP contribution in [0.5, 0.6) is 17.2 Å². The third kappa shape index (κ3) is 3.68. The predicted octanol–water partition coefficient (Wildman–Crippen LogP) is 5.02. The van der Waals surface area contributed by atoms with Crippen LogP contribution < -0.4 is 30.1 Å². The van der Waals surface area contributed by atoms with E-state index < -0.39 is 7.14 Å². The largest absolute Gasteiger partial charge is 0.493 e. The van der Waals surface area contributed by atoms with Crippen molar-refractivity contribution in [1.82, 2.24) is 0 Å². The summed E-state index contributed by atoms with van der Waals surface area (Å²) in [5.74, 6) is 1.41. The van der Waals surface area contributed by atoms with Crippen molar-refractivity contribution in [3.05, 3.63) is 97.1 Å². The molecule has 0 saturated heterocycles. The van der Waals surface area contributed by atoms with Crippen molar-refractivity contribution >= 4 is 23.1 Å². The fraction of sp³-hybridized carbons (Fsp3) is 0.111. The van der Waals surface area contributed by atoms with Gasteiger partial charge in [0.25, 0.3) is 0 Å². The lowest BCUT2D eigenvalue weighted by atomic mass is 10.0. The van der Waals surface area contributed by atoms with Crippen LogP contribution in [0.1, 0.15) is 0 Å². The molecule has 0 N–H and O–H groups in total. The summed E-state index contributed by atoms with van der Waals surface area (Å²) in [6, 6.07) is 30.7. The van der Waals surface area contributed by atoms with Crippen LogP contribution in [0.4, 0.5) is 0 Å². The van der Waals surface area contributed by atoms with Crippen LogP contribution in [-0.4, -0.2) is 21.3 Å². The number of rotatable bonds is 7. The quantitative estimate of drug-likeness (QED) is 0.376. The predicted molar refractivity (Wildman–Crippen MR) is 131 cm³/mol. The third-order valence-corrected chi connectivity index (χ3v) is 8.53. The Morgan fingerprint density at radius 2 is 1.06 bits per heavy atom. The van der Waals surface area contributed by atoms with Gasteiger partial charge in [0.05, 0.1) is 21.3 Å². The number of hydrogen-bond donors (Lipinski definition) is 0. The molecule has 4 rings (SSSR count). The molecule has 0 saturated carbocycles. The highest BCUT2D eigenvalue weighted by Crippen LogP contribution is 2.52. The first-order valence-electron chi connectivity index (χ1n) is 10.2. The normalized spacial score (nSPS) is 11.1. The first-order valence-corrected chi connectivity index (χ1v) is 12.0. The summed E-state index contributed by atoms with van der Waals surface area (Å²) < 4.78 is 32.4. The average molecular weight is 444 g/mol. The second-order valence-electron chi connectivity index (χ2n) is 7.19. The van der Waals surface area contributed by atoms with Gasteiger partial charge in [-0.25, -0.2) is 0 Å². The highest BCUT2D eigenvalue weighted by atomic mass is 31.2. The van der Waals surface area contributed by atoms with Crippen LogP contribution in [0.3, 0.4) is 0 Å². The van der Waals surface area contributed by atoms with Crippen molar-refractivity contribution in [3.8, 4) is 28.4 Å². The summed E-state index contributed by atoms with van der Waals surface area (Å²) in [4.78, 5) is 0. The van der Waals surface area contributed by atoms with E-state index in [1.54, 1.807) is 21.3 Å². The minimum atomic E-state index is -3.31. The molecule has 4 nitrogen and oxygen atoms in total. The van der Waals surface area contributed by atoms with Crippen molar-refractivity contribution in [3.63, 3.8) is 0 Å². The minimum Gasteiger partial charge on any atom is -0.493 e. The maximum Gasteiger partial charge on any atom is 0.203 e. The Morgan fingerprint density at radius 1 is 0.594 bits per heavy atom. The van der Waals surface area contributed by atoms with Crippen LogP contribution >= 0.6 is 7.14 Å². The second-order valence-corrected chi connectivity index (χ2v) is 9.92. The smallest absolute Gasteiger partial charge is 0.203 e. The zero-order valence-electron chi connectivity index (χ0n) is 18.3. The van der Waals surface area contributed by atoms with Gasteiger partial charge in [-0.05, 0) is 11.6 Å². The zero-order chi connectivity index (χ0) is 22.6. The van der Waals surface area contributed by atoms with Crippen molar-refractivity contribution in [2.75, 3.05) is 21.3 Å². The van der Waals surface area contributed by atoms with Gasteiger partial charge >= 0.3 is 0 Å². The number of hydrogen-bond acceptors (Lipinski definition) is 4. The van der Waals surface area contributed by atoms with E-state index in [1.807, 2.05) is 97.1 Å². The van der Waals surface area contributed by atoms with Gasteiger partial charge in [-0.3, -0.25) is 0 Å². The van der Waals surface area contributed by atoms with Gasteiger partial charge in [-0.2, -0.15) is 0 Å². The fourth-order valence-corrected chi connectivity index (χ4v) is 6.86. The molecule has 0 bridgehead atoms. The molecule has 0 atom stereocenters. The van der Waals surface area contributed by atoms with Gasteiger partial charge in [0.2, 0.25) is 5.75 Å². The van der Waals surface area contributed by atoms with E-state index >= 15 is 4.57 Å². The van der Waals surface area contributed by atoms with Crippen molar-refractivity contribution in [1.29, 1.82) is 0 Å². The summed E-state index contributed by atoms with van der Waals surface area (Å²) in [5, 5.41) is 2.10. The number of ether oxygens (including phenoxy) is 3. The Hall–Kier alpha value is -3.49.